The molecule has 0 saturated carbocycles. The van der Waals surface area contributed by atoms with E-state index in [2.05, 4.69) is 34.8 Å². The lowest BCUT2D eigenvalue weighted by Gasteiger charge is -2.26. The number of morpholine rings is 1. The predicted molar refractivity (Wildman–Crippen MR) is 89.6 cm³/mol. The summed E-state index contributed by atoms with van der Waals surface area (Å²) < 4.78 is 7.48. The Kier molecular flexibility index (Phi) is 6.03. The van der Waals surface area contributed by atoms with E-state index in [0.29, 0.717) is 6.04 Å². The maximum atomic E-state index is 12.4. The SMILES string of the molecule is CC(C)Nc1cc(C(=O)C(C)C)n(CCN2CCOCC2)c1. The zero-order chi connectivity index (χ0) is 16.1. The van der Waals surface area contributed by atoms with Gasteiger partial charge >= 0.3 is 0 Å². The number of anilines is 1. The first-order chi connectivity index (χ1) is 10.5. The monoisotopic (exact) mass is 307 g/mol. The lowest BCUT2D eigenvalue weighted by Crippen LogP contribution is -2.38. The van der Waals surface area contributed by atoms with Crippen molar-refractivity contribution in [3.8, 4) is 0 Å². The van der Waals surface area contributed by atoms with Crippen LogP contribution in [0.3, 0.4) is 0 Å². The van der Waals surface area contributed by atoms with Gasteiger partial charge in [0.2, 0.25) is 0 Å². The molecule has 1 N–H and O–H groups in total. The highest BCUT2D eigenvalue weighted by atomic mass is 16.5. The summed E-state index contributed by atoms with van der Waals surface area (Å²) in [5, 5.41) is 3.39. The van der Waals surface area contributed by atoms with Crippen molar-refractivity contribution >= 4 is 11.5 Å². The summed E-state index contributed by atoms with van der Waals surface area (Å²) in [6, 6.07) is 2.35. The van der Waals surface area contributed by atoms with Crippen molar-refractivity contribution in [3.05, 3.63) is 18.0 Å². The fourth-order valence-corrected chi connectivity index (χ4v) is 2.68. The van der Waals surface area contributed by atoms with Crippen molar-refractivity contribution in [2.75, 3.05) is 38.2 Å². The first-order valence-corrected chi connectivity index (χ1v) is 8.28. The third-order valence-corrected chi connectivity index (χ3v) is 3.89. The number of nitrogens with one attached hydrogen (secondary N) is 1. The highest BCUT2D eigenvalue weighted by Crippen LogP contribution is 2.18. The van der Waals surface area contributed by atoms with E-state index in [1.807, 2.05) is 19.9 Å². The van der Waals surface area contributed by atoms with Crippen LogP contribution in [0.25, 0.3) is 0 Å². The molecule has 2 heterocycles. The fourth-order valence-electron chi connectivity index (χ4n) is 2.68. The van der Waals surface area contributed by atoms with Crippen LogP contribution in [0.1, 0.15) is 38.2 Å². The van der Waals surface area contributed by atoms with Gasteiger partial charge in [-0.15, -0.1) is 0 Å². The van der Waals surface area contributed by atoms with Crippen LogP contribution in [0, 0.1) is 5.92 Å². The molecule has 0 spiro atoms. The molecule has 1 saturated heterocycles. The molecular weight excluding hydrogens is 278 g/mol. The van der Waals surface area contributed by atoms with Gasteiger partial charge < -0.3 is 14.6 Å². The van der Waals surface area contributed by atoms with E-state index in [1.165, 1.54) is 0 Å². The molecule has 0 atom stereocenters. The molecule has 124 valence electrons. The summed E-state index contributed by atoms with van der Waals surface area (Å²) in [6.07, 6.45) is 2.07. The zero-order valence-corrected chi connectivity index (χ0v) is 14.3. The molecule has 0 aliphatic carbocycles. The molecule has 0 radical (unpaired) electrons. The van der Waals surface area contributed by atoms with Crippen LogP contribution in [-0.2, 0) is 11.3 Å². The Balaban J connectivity index is 2.08. The molecule has 2 rings (SSSR count). The second kappa shape index (κ2) is 7.79. The van der Waals surface area contributed by atoms with Gasteiger partial charge in [0.1, 0.15) is 0 Å². The lowest BCUT2D eigenvalue weighted by molar-refractivity contribution is 0.0363. The fraction of sp³-hybridized carbons (Fsp3) is 0.706. The van der Waals surface area contributed by atoms with Crippen LogP contribution >= 0.6 is 0 Å². The Labute approximate surface area is 133 Å². The van der Waals surface area contributed by atoms with Crippen LogP contribution in [0.4, 0.5) is 5.69 Å². The van der Waals surface area contributed by atoms with Crippen molar-refractivity contribution < 1.29 is 9.53 Å². The number of carbonyl (C=O) groups excluding carboxylic acids is 1. The highest BCUT2D eigenvalue weighted by molar-refractivity contribution is 5.97. The maximum absolute atomic E-state index is 12.4. The minimum Gasteiger partial charge on any atom is -0.382 e. The van der Waals surface area contributed by atoms with E-state index in [-0.39, 0.29) is 11.7 Å². The van der Waals surface area contributed by atoms with Gasteiger partial charge in [0.15, 0.2) is 5.78 Å². The summed E-state index contributed by atoms with van der Waals surface area (Å²) in [6.45, 7) is 13.5. The molecule has 5 nitrogen and oxygen atoms in total. The van der Waals surface area contributed by atoms with Crippen LogP contribution < -0.4 is 5.32 Å². The normalized spacial score (nSPS) is 16.5. The van der Waals surface area contributed by atoms with Gasteiger partial charge in [-0.05, 0) is 19.9 Å². The molecule has 0 amide bonds. The molecular formula is C17H29N3O2. The van der Waals surface area contributed by atoms with E-state index in [9.17, 15) is 4.79 Å². The van der Waals surface area contributed by atoms with E-state index < -0.39 is 0 Å². The van der Waals surface area contributed by atoms with Crippen LogP contribution in [0.2, 0.25) is 0 Å². The molecule has 5 heteroatoms. The van der Waals surface area contributed by atoms with E-state index >= 15 is 0 Å². The first-order valence-electron chi connectivity index (χ1n) is 8.28. The minimum atomic E-state index is 0.0175. The number of ether oxygens (including phenoxy) is 1. The first kappa shape index (κ1) is 17.0. The molecule has 1 fully saturated rings. The average Bonchev–Trinajstić information content (AvgIpc) is 2.87. The third-order valence-electron chi connectivity index (χ3n) is 3.89. The smallest absolute Gasteiger partial charge is 0.181 e. The number of hydrogen-bond acceptors (Lipinski definition) is 4. The zero-order valence-electron chi connectivity index (χ0n) is 14.3. The summed E-state index contributed by atoms with van der Waals surface area (Å²) in [5.41, 5.74) is 1.84. The van der Waals surface area contributed by atoms with Gasteiger partial charge in [-0.3, -0.25) is 9.69 Å². The summed E-state index contributed by atoms with van der Waals surface area (Å²) in [7, 11) is 0. The number of carbonyl (C=O) groups is 1. The lowest BCUT2D eigenvalue weighted by atomic mass is 10.1. The van der Waals surface area contributed by atoms with Crippen molar-refractivity contribution in [3.63, 3.8) is 0 Å². The van der Waals surface area contributed by atoms with Crippen LogP contribution in [-0.4, -0.2) is 54.1 Å². The molecule has 1 aliphatic heterocycles. The number of aromatic nitrogens is 1. The van der Waals surface area contributed by atoms with E-state index in [0.717, 1.165) is 50.8 Å². The van der Waals surface area contributed by atoms with Crippen molar-refractivity contribution in [1.29, 1.82) is 0 Å². The van der Waals surface area contributed by atoms with Crippen LogP contribution in [0.15, 0.2) is 12.3 Å². The molecule has 1 aromatic rings. The highest BCUT2D eigenvalue weighted by Gasteiger charge is 2.18. The van der Waals surface area contributed by atoms with E-state index in [4.69, 9.17) is 4.74 Å². The molecule has 22 heavy (non-hydrogen) atoms. The number of ketones is 1. The number of nitrogens with zero attached hydrogens (tertiary/aromatic N) is 2. The van der Waals surface area contributed by atoms with Gasteiger partial charge in [0.05, 0.1) is 24.6 Å². The molecule has 0 unspecified atom stereocenters. The molecule has 1 aromatic heterocycles. The topological polar surface area (TPSA) is 46.5 Å². The summed E-state index contributed by atoms with van der Waals surface area (Å²) in [5.74, 6) is 0.225. The minimum absolute atomic E-state index is 0.0175. The Morgan fingerprint density at radius 3 is 2.50 bits per heavy atom. The maximum Gasteiger partial charge on any atom is 0.181 e. The van der Waals surface area contributed by atoms with E-state index in [1.54, 1.807) is 0 Å². The van der Waals surface area contributed by atoms with Gasteiger partial charge in [-0.25, -0.2) is 0 Å². The standard InChI is InChI=1S/C17H29N3O2/c1-13(2)17(21)16-11-15(18-14(3)4)12-20(16)6-5-19-7-9-22-10-8-19/h11-14,18H,5-10H2,1-4H3. The summed E-state index contributed by atoms with van der Waals surface area (Å²) >= 11 is 0. The second-order valence-electron chi connectivity index (χ2n) is 6.58. The Morgan fingerprint density at radius 2 is 1.91 bits per heavy atom. The van der Waals surface area contributed by atoms with Crippen molar-refractivity contribution in [2.45, 2.75) is 40.3 Å². The van der Waals surface area contributed by atoms with Crippen molar-refractivity contribution in [1.82, 2.24) is 9.47 Å². The number of hydrogen-bond donors (Lipinski definition) is 1. The Bertz CT molecular complexity index is 488. The predicted octanol–water partition coefficient (Wildman–Crippen LogP) is 2.48. The Morgan fingerprint density at radius 1 is 1.23 bits per heavy atom. The van der Waals surface area contributed by atoms with Gasteiger partial charge in [-0.1, -0.05) is 13.8 Å². The second-order valence-corrected chi connectivity index (χ2v) is 6.58. The number of rotatable bonds is 7. The summed E-state index contributed by atoms with van der Waals surface area (Å²) in [4.78, 5) is 14.8. The van der Waals surface area contributed by atoms with Gasteiger partial charge in [0, 0.05) is 44.3 Å². The Hall–Kier alpha value is -1.33. The quantitative estimate of drug-likeness (QED) is 0.786. The van der Waals surface area contributed by atoms with Gasteiger partial charge in [-0.2, -0.15) is 0 Å². The van der Waals surface area contributed by atoms with Gasteiger partial charge in [0.25, 0.3) is 0 Å². The number of Topliss-reactive ketones (excluding diaryl/α,β-unsaturated/α-hetero) is 1. The van der Waals surface area contributed by atoms with Crippen LogP contribution in [0.5, 0.6) is 0 Å². The molecule has 1 aliphatic rings. The third kappa shape index (κ3) is 4.58. The molecule has 0 bridgehead atoms. The average molecular weight is 307 g/mol. The van der Waals surface area contributed by atoms with Crippen molar-refractivity contribution in [2.24, 2.45) is 5.92 Å². The molecule has 0 aromatic carbocycles. The largest absolute Gasteiger partial charge is 0.382 e.